The van der Waals surface area contributed by atoms with Crippen LogP contribution in [0.2, 0.25) is 10.0 Å². The van der Waals surface area contributed by atoms with Crippen molar-refractivity contribution in [1.29, 1.82) is 0 Å². The fourth-order valence-corrected chi connectivity index (χ4v) is 5.04. The van der Waals surface area contributed by atoms with Crippen LogP contribution >= 0.6 is 39.1 Å². The zero-order chi connectivity index (χ0) is 21.4. The number of nitrogens with zero attached hydrogens (tertiary/aromatic N) is 3. The molecule has 6 nitrogen and oxygen atoms in total. The van der Waals surface area contributed by atoms with Gasteiger partial charge in [0.2, 0.25) is 0 Å². The van der Waals surface area contributed by atoms with E-state index in [0.29, 0.717) is 36.2 Å². The average Bonchev–Trinajstić information content (AvgIpc) is 3.03. The van der Waals surface area contributed by atoms with Crippen molar-refractivity contribution < 1.29 is 14.3 Å². The molecule has 1 amide bonds. The first kappa shape index (κ1) is 21.4. The van der Waals surface area contributed by atoms with Crippen molar-refractivity contribution in [2.75, 3.05) is 26.8 Å². The number of morpholine rings is 1. The Balaban J connectivity index is 1.79. The lowest BCUT2D eigenvalue weighted by atomic mass is 10.0. The number of amides is 1. The Hall–Kier alpha value is -1.80. The van der Waals surface area contributed by atoms with Crippen LogP contribution in [-0.4, -0.2) is 53.3 Å². The minimum atomic E-state index is -0.347. The Bertz CT molecular complexity index is 1100. The van der Waals surface area contributed by atoms with Crippen LogP contribution < -0.4 is 0 Å². The molecule has 0 saturated carbocycles. The van der Waals surface area contributed by atoms with Crippen molar-refractivity contribution in [1.82, 2.24) is 14.3 Å². The van der Waals surface area contributed by atoms with Gasteiger partial charge in [-0.1, -0.05) is 39.1 Å². The van der Waals surface area contributed by atoms with Crippen LogP contribution in [-0.2, 0) is 15.9 Å². The van der Waals surface area contributed by atoms with Gasteiger partial charge in [0.25, 0.3) is 0 Å². The van der Waals surface area contributed by atoms with Crippen LogP contribution in [0.1, 0.15) is 11.3 Å². The summed E-state index contributed by atoms with van der Waals surface area (Å²) in [5.41, 5.74) is 4.34. The number of halogens is 3. The zero-order valence-electron chi connectivity index (χ0n) is 16.5. The number of imidazole rings is 1. The maximum Gasteiger partial charge on any atom is 0.409 e. The molecule has 1 atom stereocenters. The van der Waals surface area contributed by atoms with Crippen molar-refractivity contribution in [3.05, 3.63) is 56.2 Å². The standard InChI is InChI=1S/C21H20BrCl2N3O3/c1-12-7-13(22)8-16(24)19(12)20-17(27-4-3-14(23)9-18(27)25-20)10-15-11-26(5-6-30-15)21(28)29-2/h3-4,7-9,15H,5-6,10-11H2,1-2H3. The van der Waals surface area contributed by atoms with Crippen LogP contribution in [0.25, 0.3) is 16.9 Å². The number of benzene rings is 1. The van der Waals surface area contributed by atoms with E-state index in [1.807, 2.05) is 41.8 Å². The number of carbonyl (C=O) groups is 1. The SMILES string of the molecule is COC(=O)N1CCOC(Cc2c(-c3c(C)cc(Br)cc3Cl)nc3cc(Cl)ccn23)C1. The van der Waals surface area contributed by atoms with Gasteiger partial charge >= 0.3 is 6.09 Å². The molecule has 2 aromatic heterocycles. The number of methoxy groups -OCH3 is 1. The van der Waals surface area contributed by atoms with Gasteiger partial charge in [-0.05, 0) is 30.7 Å². The second-order valence-electron chi connectivity index (χ2n) is 7.17. The molecule has 3 heterocycles. The molecule has 158 valence electrons. The third kappa shape index (κ3) is 4.17. The van der Waals surface area contributed by atoms with E-state index in [-0.39, 0.29) is 12.2 Å². The van der Waals surface area contributed by atoms with Crippen molar-refractivity contribution in [2.45, 2.75) is 19.4 Å². The number of aryl methyl sites for hydroxylation is 1. The summed E-state index contributed by atoms with van der Waals surface area (Å²) >= 11 is 16.3. The Morgan fingerprint density at radius 1 is 1.37 bits per heavy atom. The number of ether oxygens (including phenoxy) is 2. The predicted octanol–water partition coefficient (Wildman–Crippen LogP) is 5.39. The molecule has 1 aliphatic heterocycles. The fourth-order valence-electron chi connectivity index (χ4n) is 3.82. The van der Waals surface area contributed by atoms with Gasteiger partial charge in [0.1, 0.15) is 5.65 Å². The van der Waals surface area contributed by atoms with Gasteiger partial charge in [-0.3, -0.25) is 0 Å². The molecule has 1 saturated heterocycles. The Morgan fingerprint density at radius 3 is 2.90 bits per heavy atom. The molecule has 1 aromatic carbocycles. The smallest absolute Gasteiger partial charge is 0.409 e. The van der Waals surface area contributed by atoms with Crippen molar-refractivity contribution in [2.24, 2.45) is 0 Å². The van der Waals surface area contributed by atoms with E-state index in [0.717, 1.165) is 32.6 Å². The van der Waals surface area contributed by atoms with Gasteiger partial charge in [0.15, 0.2) is 0 Å². The molecule has 0 bridgehead atoms. The zero-order valence-corrected chi connectivity index (χ0v) is 19.6. The van der Waals surface area contributed by atoms with Gasteiger partial charge in [-0.2, -0.15) is 0 Å². The maximum atomic E-state index is 12.0. The second-order valence-corrected chi connectivity index (χ2v) is 8.93. The molecule has 3 aromatic rings. The summed E-state index contributed by atoms with van der Waals surface area (Å²) in [6, 6.07) is 7.51. The normalized spacial score (nSPS) is 16.8. The van der Waals surface area contributed by atoms with Crippen LogP contribution in [0.5, 0.6) is 0 Å². The summed E-state index contributed by atoms with van der Waals surface area (Å²) < 4.78 is 13.7. The summed E-state index contributed by atoms with van der Waals surface area (Å²) in [7, 11) is 1.39. The Labute approximate surface area is 192 Å². The van der Waals surface area contributed by atoms with E-state index in [2.05, 4.69) is 15.9 Å². The highest BCUT2D eigenvalue weighted by atomic mass is 79.9. The molecule has 0 spiro atoms. The first-order valence-corrected chi connectivity index (χ1v) is 11.0. The summed E-state index contributed by atoms with van der Waals surface area (Å²) in [4.78, 5) is 18.5. The van der Waals surface area contributed by atoms with Crippen LogP contribution in [0.3, 0.4) is 0 Å². The largest absolute Gasteiger partial charge is 0.453 e. The molecule has 0 aliphatic carbocycles. The topological polar surface area (TPSA) is 56.1 Å². The molecule has 1 unspecified atom stereocenters. The quantitative estimate of drug-likeness (QED) is 0.472. The number of hydrogen-bond acceptors (Lipinski definition) is 4. The molecule has 1 aliphatic rings. The van der Waals surface area contributed by atoms with Gasteiger partial charge in [0, 0.05) is 40.3 Å². The van der Waals surface area contributed by atoms with E-state index in [1.54, 1.807) is 4.90 Å². The highest BCUT2D eigenvalue weighted by Crippen LogP contribution is 2.37. The molecule has 0 N–H and O–H groups in total. The first-order chi connectivity index (χ1) is 14.4. The number of aromatic nitrogens is 2. The number of carbonyl (C=O) groups excluding carboxylic acids is 1. The molecule has 1 fully saturated rings. The lowest BCUT2D eigenvalue weighted by Gasteiger charge is -2.32. The Kier molecular flexibility index (Phi) is 6.25. The number of fused-ring (bicyclic) bond motifs is 1. The lowest BCUT2D eigenvalue weighted by Crippen LogP contribution is -2.46. The summed E-state index contributed by atoms with van der Waals surface area (Å²) in [5.74, 6) is 0. The summed E-state index contributed by atoms with van der Waals surface area (Å²) in [6.07, 6.45) is 1.91. The van der Waals surface area contributed by atoms with Gasteiger partial charge < -0.3 is 18.8 Å². The van der Waals surface area contributed by atoms with Gasteiger partial charge in [-0.15, -0.1) is 0 Å². The Morgan fingerprint density at radius 2 is 2.17 bits per heavy atom. The number of hydrogen-bond donors (Lipinski definition) is 0. The van der Waals surface area contributed by atoms with Crippen LogP contribution in [0.15, 0.2) is 34.9 Å². The highest BCUT2D eigenvalue weighted by Gasteiger charge is 2.28. The van der Waals surface area contributed by atoms with Gasteiger partial charge in [-0.25, -0.2) is 9.78 Å². The van der Waals surface area contributed by atoms with E-state index in [4.69, 9.17) is 37.7 Å². The molecule has 0 radical (unpaired) electrons. The minimum absolute atomic E-state index is 0.193. The van der Waals surface area contributed by atoms with Crippen molar-refractivity contribution >= 4 is 50.9 Å². The number of rotatable bonds is 3. The van der Waals surface area contributed by atoms with E-state index in [1.165, 1.54) is 7.11 Å². The van der Waals surface area contributed by atoms with E-state index >= 15 is 0 Å². The molecule has 30 heavy (non-hydrogen) atoms. The van der Waals surface area contributed by atoms with Gasteiger partial charge in [0.05, 0.1) is 42.8 Å². The van der Waals surface area contributed by atoms with Crippen molar-refractivity contribution in [3.8, 4) is 11.3 Å². The lowest BCUT2D eigenvalue weighted by molar-refractivity contribution is -0.0241. The summed E-state index contributed by atoms with van der Waals surface area (Å²) in [6.45, 7) is 3.41. The molecule has 4 rings (SSSR count). The predicted molar refractivity (Wildman–Crippen MR) is 121 cm³/mol. The summed E-state index contributed by atoms with van der Waals surface area (Å²) in [5, 5.41) is 1.22. The molecular formula is C21H20BrCl2N3O3. The number of pyridine rings is 1. The minimum Gasteiger partial charge on any atom is -0.453 e. The molecule has 9 heteroatoms. The molecular weight excluding hydrogens is 493 g/mol. The fraction of sp³-hybridized carbons (Fsp3) is 0.333. The maximum absolute atomic E-state index is 12.0. The van der Waals surface area contributed by atoms with E-state index in [9.17, 15) is 4.79 Å². The second kappa shape index (κ2) is 8.75. The van der Waals surface area contributed by atoms with E-state index < -0.39 is 0 Å². The van der Waals surface area contributed by atoms with Crippen LogP contribution in [0.4, 0.5) is 4.79 Å². The van der Waals surface area contributed by atoms with Crippen LogP contribution in [0, 0.1) is 6.92 Å². The third-order valence-corrected chi connectivity index (χ3v) is 6.16. The highest BCUT2D eigenvalue weighted by molar-refractivity contribution is 9.10. The third-order valence-electron chi connectivity index (χ3n) is 5.17. The average molecular weight is 513 g/mol. The van der Waals surface area contributed by atoms with Crippen molar-refractivity contribution in [3.63, 3.8) is 0 Å². The monoisotopic (exact) mass is 511 g/mol. The first-order valence-electron chi connectivity index (χ1n) is 9.44.